The third-order valence-corrected chi connectivity index (χ3v) is 7.49. The number of rotatable bonds is 11. The van der Waals surface area contributed by atoms with Gasteiger partial charge in [0, 0.05) is 61.8 Å². The third kappa shape index (κ3) is 5.50. The molecule has 0 N–H and O–H groups in total. The van der Waals surface area contributed by atoms with Gasteiger partial charge in [0.25, 0.3) is 0 Å². The van der Waals surface area contributed by atoms with Gasteiger partial charge in [0.05, 0.1) is 5.69 Å². The Hall–Kier alpha value is -2.94. The van der Waals surface area contributed by atoms with E-state index in [0.29, 0.717) is 0 Å². The van der Waals surface area contributed by atoms with Gasteiger partial charge in [-0.05, 0) is 108 Å². The number of hydrogen-bond donors (Lipinski definition) is 0. The van der Waals surface area contributed by atoms with Gasteiger partial charge in [0.15, 0.2) is 0 Å². The molecule has 0 spiro atoms. The van der Waals surface area contributed by atoms with Crippen molar-refractivity contribution >= 4 is 17.1 Å². The quantitative estimate of drug-likeness (QED) is 0.279. The fourth-order valence-corrected chi connectivity index (χ4v) is 5.21. The number of anilines is 3. The van der Waals surface area contributed by atoms with Crippen LogP contribution in [0.5, 0.6) is 0 Å². The Balaban J connectivity index is 2.21. The second kappa shape index (κ2) is 12.2. The summed E-state index contributed by atoms with van der Waals surface area (Å²) in [6.45, 7) is 24.0. The van der Waals surface area contributed by atoms with Gasteiger partial charge in [-0.1, -0.05) is 24.3 Å². The van der Waals surface area contributed by atoms with Crippen molar-refractivity contribution < 1.29 is 0 Å². The van der Waals surface area contributed by atoms with Gasteiger partial charge in [-0.25, -0.2) is 0 Å². The topological polar surface area (TPSA) is 9.72 Å². The van der Waals surface area contributed by atoms with Crippen LogP contribution in [0.4, 0.5) is 17.1 Å². The first-order chi connectivity index (χ1) is 16.9. The van der Waals surface area contributed by atoms with E-state index in [2.05, 4.69) is 125 Å². The normalized spacial score (nSPS) is 11.0. The van der Waals surface area contributed by atoms with Crippen LogP contribution in [0.2, 0.25) is 0 Å². The van der Waals surface area contributed by atoms with Crippen LogP contribution in [0.25, 0.3) is 22.3 Å². The molecule has 0 aliphatic heterocycles. The molecule has 3 aromatic rings. The van der Waals surface area contributed by atoms with E-state index in [9.17, 15) is 0 Å². The number of nitrogens with zero attached hydrogens (tertiary/aromatic N) is 3. The first kappa shape index (κ1) is 26.7. The van der Waals surface area contributed by atoms with E-state index in [4.69, 9.17) is 0 Å². The van der Waals surface area contributed by atoms with Crippen LogP contribution < -0.4 is 14.7 Å². The fourth-order valence-electron chi connectivity index (χ4n) is 5.21. The van der Waals surface area contributed by atoms with Crippen LogP contribution in [0, 0.1) is 13.8 Å². The molecule has 0 aliphatic rings. The Labute approximate surface area is 214 Å². The number of benzene rings is 3. The Morgan fingerprint density at radius 3 is 1.31 bits per heavy atom. The maximum Gasteiger partial charge on any atom is 0.0528 e. The van der Waals surface area contributed by atoms with Crippen LogP contribution in [0.3, 0.4) is 0 Å². The summed E-state index contributed by atoms with van der Waals surface area (Å²) >= 11 is 0. The van der Waals surface area contributed by atoms with Crippen molar-refractivity contribution in [3.63, 3.8) is 0 Å². The summed E-state index contributed by atoms with van der Waals surface area (Å²) in [4.78, 5) is 7.33. The van der Waals surface area contributed by atoms with Gasteiger partial charge in [0.2, 0.25) is 0 Å². The monoisotopic (exact) mass is 471 g/mol. The molecule has 188 valence electrons. The summed E-state index contributed by atoms with van der Waals surface area (Å²) in [6.07, 6.45) is 0. The van der Waals surface area contributed by atoms with Crippen LogP contribution in [-0.2, 0) is 0 Å². The van der Waals surface area contributed by atoms with Crippen LogP contribution in [0.15, 0.2) is 54.6 Å². The largest absolute Gasteiger partial charge is 0.372 e. The minimum atomic E-state index is 0.980. The summed E-state index contributed by atoms with van der Waals surface area (Å²) < 4.78 is 0. The zero-order valence-electron chi connectivity index (χ0n) is 23.3. The standard InChI is InChI=1S/C32H45N3/c1-9-33(10-2)28-19-15-26(16-20-28)30-23-24(7)25(8)31(32(30)35(13-5)14-6)27-17-21-29(22-18-27)34(11-3)12-4/h15-23H,9-14H2,1-8H3. The number of aryl methyl sites for hydroxylation is 1. The molecule has 0 saturated carbocycles. The summed E-state index contributed by atoms with van der Waals surface area (Å²) in [6, 6.07) is 20.8. The maximum atomic E-state index is 2.52. The van der Waals surface area contributed by atoms with Gasteiger partial charge in [-0.15, -0.1) is 0 Å². The summed E-state index contributed by atoms with van der Waals surface area (Å²) in [7, 11) is 0. The van der Waals surface area contributed by atoms with Gasteiger partial charge in [-0.2, -0.15) is 0 Å². The Morgan fingerprint density at radius 2 is 0.914 bits per heavy atom. The smallest absolute Gasteiger partial charge is 0.0528 e. The Bertz CT molecular complexity index is 1070. The highest BCUT2D eigenvalue weighted by atomic mass is 15.1. The zero-order valence-corrected chi connectivity index (χ0v) is 23.3. The first-order valence-corrected chi connectivity index (χ1v) is 13.5. The third-order valence-electron chi connectivity index (χ3n) is 7.49. The molecule has 0 atom stereocenters. The minimum Gasteiger partial charge on any atom is -0.372 e. The van der Waals surface area contributed by atoms with Crippen LogP contribution in [-0.4, -0.2) is 39.3 Å². The minimum absolute atomic E-state index is 0.980. The first-order valence-electron chi connectivity index (χ1n) is 13.5. The average molecular weight is 472 g/mol. The van der Waals surface area contributed by atoms with Gasteiger partial charge < -0.3 is 14.7 Å². The van der Waals surface area contributed by atoms with E-state index in [1.807, 2.05) is 0 Å². The van der Waals surface area contributed by atoms with E-state index in [-0.39, 0.29) is 0 Å². The molecule has 3 heteroatoms. The van der Waals surface area contributed by atoms with Crippen molar-refractivity contribution in [1.29, 1.82) is 0 Å². The predicted octanol–water partition coefficient (Wildman–Crippen LogP) is 8.18. The second-order valence-corrected chi connectivity index (χ2v) is 9.20. The number of hydrogen-bond acceptors (Lipinski definition) is 3. The molecular weight excluding hydrogens is 426 g/mol. The lowest BCUT2D eigenvalue weighted by atomic mass is 9.88. The highest BCUT2D eigenvalue weighted by molar-refractivity contribution is 5.94. The lowest BCUT2D eigenvalue weighted by molar-refractivity contribution is 0.864. The maximum absolute atomic E-state index is 2.52. The van der Waals surface area contributed by atoms with E-state index in [1.54, 1.807) is 0 Å². The van der Waals surface area contributed by atoms with E-state index in [1.165, 1.54) is 50.4 Å². The van der Waals surface area contributed by atoms with E-state index >= 15 is 0 Å². The molecule has 0 amide bonds. The molecule has 0 unspecified atom stereocenters. The summed E-state index contributed by atoms with van der Waals surface area (Å²) in [5, 5.41) is 0. The van der Waals surface area contributed by atoms with Crippen molar-refractivity contribution in [3.8, 4) is 22.3 Å². The van der Waals surface area contributed by atoms with Gasteiger partial charge in [0.1, 0.15) is 0 Å². The van der Waals surface area contributed by atoms with Crippen LogP contribution in [0.1, 0.15) is 52.7 Å². The van der Waals surface area contributed by atoms with Crippen LogP contribution >= 0.6 is 0 Å². The van der Waals surface area contributed by atoms with Crippen molar-refractivity contribution in [2.24, 2.45) is 0 Å². The van der Waals surface area contributed by atoms with Crippen molar-refractivity contribution in [1.82, 2.24) is 0 Å². The molecule has 0 bridgehead atoms. The van der Waals surface area contributed by atoms with Crippen molar-refractivity contribution in [2.45, 2.75) is 55.4 Å². The Kier molecular flexibility index (Phi) is 9.26. The lowest BCUT2D eigenvalue weighted by Crippen LogP contribution is -2.24. The fraction of sp³-hybridized carbons (Fsp3) is 0.438. The highest BCUT2D eigenvalue weighted by Crippen LogP contribution is 2.44. The molecule has 3 nitrogen and oxygen atoms in total. The van der Waals surface area contributed by atoms with E-state index < -0.39 is 0 Å². The van der Waals surface area contributed by atoms with Crippen molar-refractivity contribution in [2.75, 3.05) is 54.0 Å². The summed E-state index contributed by atoms with van der Waals surface area (Å²) in [5.41, 5.74) is 11.9. The molecule has 0 saturated heterocycles. The second-order valence-electron chi connectivity index (χ2n) is 9.20. The lowest BCUT2D eigenvalue weighted by Gasteiger charge is -2.30. The molecule has 0 aliphatic carbocycles. The summed E-state index contributed by atoms with van der Waals surface area (Å²) in [5.74, 6) is 0. The van der Waals surface area contributed by atoms with Crippen molar-refractivity contribution in [3.05, 3.63) is 65.7 Å². The molecular formula is C32H45N3. The van der Waals surface area contributed by atoms with E-state index in [0.717, 1.165) is 39.3 Å². The average Bonchev–Trinajstić information content (AvgIpc) is 2.89. The molecule has 0 aromatic heterocycles. The SMILES string of the molecule is CCN(CC)c1ccc(-c2cc(C)c(C)c(-c3ccc(N(CC)CC)cc3)c2N(CC)CC)cc1. The molecule has 0 heterocycles. The zero-order chi connectivity index (χ0) is 25.5. The molecule has 3 aromatic carbocycles. The molecule has 0 radical (unpaired) electrons. The molecule has 0 fully saturated rings. The molecule has 3 rings (SSSR count). The van der Waals surface area contributed by atoms with Gasteiger partial charge in [-0.3, -0.25) is 0 Å². The molecule has 35 heavy (non-hydrogen) atoms. The highest BCUT2D eigenvalue weighted by Gasteiger charge is 2.21. The van der Waals surface area contributed by atoms with Gasteiger partial charge >= 0.3 is 0 Å². The Morgan fingerprint density at radius 1 is 0.514 bits per heavy atom. The predicted molar refractivity (Wildman–Crippen MR) is 157 cm³/mol.